The van der Waals surface area contributed by atoms with Crippen molar-refractivity contribution in [1.29, 1.82) is 0 Å². The molecule has 1 unspecified atom stereocenters. The molecule has 0 aliphatic rings. The molecule has 0 aromatic heterocycles. The van der Waals surface area contributed by atoms with Crippen LogP contribution in [0, 0.1) is 0 Å². The SMILES string of the molecule is OC(CNc1ccc(Br)cc1)c1cc(Cl)ccc1Cl. The van der Waals surface area contributed by atoms with Gasteiger partial charge in [0.15, 0.2) is 0 Å². The van der Waals surface area contributed by atoms with Crippen molar-refractivity contribution >= 4 is 44.8 Å². The molecule has 0 fully saturated rings. The van der Waals surface area contributed by atoms with Gasteiger partial charge in [-0.05, 0) is 42.5 Å². The van der Waals surface area contributed by atoms with Crippen LogP contribution in [0.25, 0.3) is 0 Å². The van der Waals surface area contributed by atoms with E-state index < -0.39 is 6.10 Å². The molecular formula is C14H12BrCl2NO. The number of hydrogen-bond acceptors (Lipinski definition) is 2. The summed E-state index contributed by atoms with van der Waals surface area (Å²) in [5, 5.41) is 14.3. The molecule has 0 saturated carbocycles. The summed E-state index contributed by atoms with van der Waals surface area (Å²) in [6.07, 6.45) is -0.713. The normalized spacial score (nSPS) is 12.2. The Morgan fingerprint density at radius 1 is 1.11 bits per heavy atom. The minimum absolute atomic E-state index is 0.363. The molecule has 0 saturated heterocycles. The number of hydrogen-bond donors (Lipinski definition) is 2. The van der Waals surface area contributed by atoms with Gasteiger partial charge in [0.2, 0.25) is 0 Å². The Kier molecular flexibility index (Phi) is 5.11. The maximum absolute atomic E-state index is 10.1. The molecule has 0 aliphatic carbocycles. The summed E-state index contributed by atoms with van der Waals surface area (Å²) in [5.41, 5.74) is 1.55. The van der Waals surface area contributed by atoms with Crippen molar-refractivity contribution in [3.05, 3.63) is 62.5 Å². The van der Waals surface area contributed by atoms with Crippen molar-refractivity contribution in [2.24, 2.45) is 0 Å². The van der Waals surface area contributed by atoms with Gasteiger partial charge in [-0.1, -0.05) is 39.1 Å². The molecule has 19 heavy (non-hydrogen) atoms. The molecule has 0 bridgehead atoms. The molecule has 1 atom stereocenters. The molecule has 5 heteroatoms. The lowest BCUT2D eigenvalue weighted by molar-refractivity contribution is 0.192. The lowest BCUT2D eigenvalue weighted by Gasteiger charge is -2.15. The first kappa shape index (κ1) is 14.7. The smallest absolute Gasteiger partial charge is 0.0977 e. The van der Waals surface area contributed by atoms with E-state index in [1.807, 2.05) is 24.3 Å². The molecule has 2 nitrogen and oxygen atoms in total. The second-order valence-electron chi connectivity index (χ2n) is 4.07. The molecule has 0 spiro atoms. The molecular weight excluding hydrogens is 349 g/mol. The zero-order valence-corrected chi connectivity index (χ0v) is 13.0. The van der Waals surface area contributed by atoms with E-state index in [1.54, 1.807) is 18.2 Å². The van der Waals surface area contributed by atoms with Gasteiger partial charge in [0.25, 0.3) is 0 Å². The second kappa shape index (κ2) is 6.62. The standard InChI is InChI=1S/C14H12BrCl2NO/c15-9-1-4-11(5-2-9)18-8-14(19)12-7-10(16)3-6-13(12)17/h1-7,14,18-19H,8H2. The topological polar surface area (TPSA) is 32.3 Å². The average Bonchev–Trinajstić information content (AvgIpc) is 2.40. The molecule has 2 aromatic rings. The fourth-order valence-corrected chi connectivity index (χ4v) is 2.35. The number of rotatable bonds is 4. The summed E-state index contributed by atoms with van der Waals surface area (Å²) in [4.78, 5) is 0. The van der Waals surface area contributed by atoms with Gasteiger partial charge in [-0.2, -0.15) is 0 Å². The number of anilines is 1. The van der Waals surface area contributed by atoms with E-state index in [0.717, 1.165) is 10.2 Å². The predicted molar refractivity (Wildman–Crippen MR) is 84.1 cm³/mol. The van der Waals surface area contributed by atoms with E-state index in [1.165, 1.54) is 0 Å². The van der Waals surface area contributed by atoms with Gasteiger partial charge in [-0.15, -0.1) is 0 Å². The summed E-state index contributed by atoms with van der Waals surface area (Å²) in [6, 6.07) is 12.8. The van der Waals surface area contributed by atoms with Crippen LogP contribution in [0.15, 0.2) is 46.9 Å². The molecule has 0 heterocycles. The van der Waals surface area contributed by atoms with Crippen LogP contribution in [0.3, 0.4) is 0 Å². The van der Waals surface area contributed by atoms with E-state index in [0.29, 0.717) is 22.2 Å². The fraction of sp³-hybridized carbons (Fsp3) is 0.143. The first-order chi connectivity index (χ1) is 9.06. The van der Waals surface area contributed by atoms with Crippen LogP contribution in [-0.4, -0.2) is 11.7 Å². The lowest BCUT2D eigenvalue weighted by Crippen LogP contribution is -2.12. The fourth-order valence-electron chi connectivity index (χ4n) is 1.66. The highest BCUT2D eigenvalue weighted by Gasteiger charge is 2.12. The summed E-state index contributed by atoms with van der Waals surface area (Å²) in [5.74, 6) is 0. The summed E-state index contributed by atoms with van der Waals surface area (Å²) >= 11 is 15.3. The Balaban J connectivity index is 2.03. The highest BCUT2D eigenvalue weighted by atomic mass is 79.9. The second-order valence-corrected chi connectivity index (χ2v) is 5.83. The minimum Gasteiger partial charge on any atom is -0.387 e. The van der Waals surface area contributed by atoms with E-state index in [9.17, 15) is 5.11 Å². The first-order valence-corrected chi connectivity index (χ1v) is 7.23. The van der Waals surface area contributed by atoms with Gasteiger partial charge in [-0.25, -0.2) is 0 Å². The van der Waals surface area contributed by atoms with Crippen LogP contribution >= 0.6 is 39.1 Å². The first-order valence-electron chi connectivity index (χ1n) is 5.69. The van der Waals surface area contributed by atoms with Gasteiger partial charge < -0.3 is 10.4 Å². The summed E-state index contributed by atoms with van der Waals surface area (Å²) in [6.45, 7) is 0.363. The molecule has 0 amide bonds. The van der Waals surface area contributed by atoms with Crippen LogP contribution in [-0.2, 0) is 0 Å². The molecule has 2 N–H and O–H groups in total. The Labute approximate surface area is 130 Å². The van der Waals surface area contributed by atoms with Crippen LogP contribution in [0.5, 0.6) is 0 Å². The maximum atomic E-state index is 10.1. The predicted octanol–water partition coefficient (Wildman–Crippen LogP) is 4.90. The number of benzene rings is 2. The van der Waals surface area contributed by atoms with E-state index in [2.05, 4.69) is 21.2 Å². The molecule has 100 valence electrons. The van der Waals surface area contributed by atoms with Crippen molar-refractivity contribution < 1.29 is 5.11 Å². The van der Waals surface area contributed by atoms with E-state index in [4.69, 9.17) is 23.2 Å². The van der Waals surface area contributed by atoms with Crippen LogP contribution in [0.4, 0.5) is 5.69 Å². The summed E-state index contributed by atoms with van der Waals surface area (Å²) < 4.78 is 1.01. The third kappa shape index (κ3) is 4.11. The van der Waals surface area contributed by atoms with Crippen molar-refractivity contribution in [2.75, 3.05) is 11.9 Å². The molecule has 0 radical (unpaired) electrons. The van der Waals surface area contributed by atoms with Crippen LogP contribution in [0.1, 0.15) is 11.7 Å². The van der Waals surface area contributed by atoms with Gasteiger partial charge in [0.1, 0.15) is 0 Å². The van der Waals surface area contributed by atoms with E-state index >= 15 is 0 Å². The van der Waals surface area contributed by atoms with Crippen LogP contribution in [0.2, 0.25) is 10.0 Å². The van der Waals surface area contributed by atoms with Crippen molar-refractivity contribution in [1.82, 2.24) is 0 Å². The largest absolute Gasteiger partial charge is 0.387 e. The maximum Gasteiger partial charge on any atom is 0.0977 e. The van der Waals surface area contributed by atoms with Crippen molar-refractivity contribution in [3.63, 3.8) is 0 Å². The quantitative estimate of drug-likeness (QED) is 0.812. The number of halogens is 3. The van der Waals surface area contributed by atoms with Crippen molar-refractivity contribution in [2.45, 2.75) is 6.10 Å². The lowest BCUT2D eigenvalue weighted by atomic mass is 10.1. The van der Waals surface area contributed by atoms with Gasteiger partial charge >= 0.3 is 0 Å². The molecule has 2 rings (SSSR count). The Morgan fingerprint density at radius 3 is 2.47 bits per heavy atom. The highest BCUT2D eigenvalue weighted by molar-refractivity contribution is 9.10. The van der Waals surface area contributed by atoms with Gasteiger partial charge in [0, 0.05) is 32.3 Å². The van der Waals surface area contributed by atoms with Crippen molar-refractivity contribution in [3.8, 4) is 0 Å². The zero-order valence-electron chi connectivity index (χ0n) is 9.91. The Hall–Kier alpha value is -0.740. The van der Waals surface area contributed by atoms with Gasteiger partial charge in [-0.3, -0.25) is 0 Å². The monoisotopic (exact) mass is 359 g/mol. The third-order valence-electron chi connectivity index (χ3n) is 2.66. The number of aliphatic hydroxyl groups is 1. The molecule has 0 aliphatic heterocycles. The Bertz CT molecular complexity index is 560. The number of aliphatic hydroxyl groups excluding tert-OH is 1. The minimum atomic E-state index is -0.713. The summed E-state index contributed by atoms with van der Waals surface area (Å²) in [7, 11) is 0. The zero-order chi connectivity index (χ0) is 13.8. The third-order valence-corrected chi connectivity index (χ3v) is 3.77. The molecule has 2 aromatic carbocycles. The number of nitrogens with one attached hydrogen (secondary N) is 1. The Morgan fingerprint density at radius 2 is 1.79 bits per heavy atom. The highest BCUT2D eigenvalue weighted by Crippen LogP contribution is 2.26. The van der Waals surface area contributed by atoms with Gasteiger partial charge in [0.05, 0.1) is 6.10 Å². The average molecular weight is 361 g/mol. The van der Waals surface area contributed by atoms with Crippen LogP contribution < -0.4 is 5.32 Å². The van der Waals surface area contributed by atoms with E-state index in [-0.39, 0.29) is 0 Å².